The number of thiazole rings is 1. The van der Waals surface area contributed by atoms with Gasteiger partial charge in [-0.2, -0.15) is 18.3 Å². The Labute approximate surface area is 157 Å². The first kappa shape index (κ1) is 19.1. The van der Waals surface area contributed by atoms with Gasteiger partial charge in [0.1, 0.15) is 5.01 Å². The van der Waals surface area contributed by atoms with Gasteiger partial charge >= 0.3 is 12.1 Å². The van der Waals surface area contributed by atoms with E-state index in [-0.39, 0.29) is 6.61 Å². The van der Waals surface area contributed by atoms with Crippen LogP contribution in [0.4, 0.5) is 13.2 Å². The Hall–Kier alpha value is -2.68. The molecule has 0 atom stereocenters. The van der Waals surface area contributed by atoms with Crippen LogP contribution >= 0.6 is 11.3 Å². The fourth-order valence-corrected chi connectivity index (χ4v) is 3.49. The number of alkyl halides is 3. The molecule has 27 heavy (non-hydrogen) atoms. The number of rotatable bonds is 5. The molecule has 3 aromatic rings. The van der Waals surface area contributed by atoms with E-state index < -0.39 is 17.7 Å². The van der Waals surface area contributed by atoms with Gasteiger partial charge in [0, 0.05) is 16.6 Å². The third kappa shape index (κ3) is 4.36. The maximum Gasteiger partial charge on any atom is 0.416 e. The Morgan fingerprint density at radius 3 is 2.81 bits per heavy atom. The number of aromatic nitrogens is 3. The van der Waals surface area contributed by atoms with Gasteiger partial charge in [0.05, 0.1) is 36.2 Å². The van der Waals surface area contributed by atoms with Gasteiger partial charge in [-0.25, -0.2) is 9.78 Å². The van der Waals surface area contributed by atoms with Crippen molar-refractivity contribution < 1.29 is 22.7 Å². The Morgan fingerprint density at radius 1 is 1.33 bits per heavy atom. The molecule has 0 N–H and O–H groups in total. The maximum absolute atomic E-state index is 12.9. The van der Waals surface area contributed by atoms with Crippen LogP contribution in [0.25, 0.3) is 10.6 Å². The number of carbonyl (C=O) groups excluding carboxylic acids is 1. The minimum absolute atomic E-state index is 0.276. The molecule has 2 aromatic heterocycles. The van der Waals surface area contributed by atoms with Crippen LogP contribution in [0.2, 0.25) is 0 Å². The van der Waals surface area contributed by atoms with Crippen molar-refractivity contribution in [3.05, 3.63) is 58.4 Å². The predicted molar refractivity (Wildman–Crippen MR) is 94.6 cm³/mol. The number of benzene rings is 1. The van der Waals surface area contributed by atoms with Gasteiger partial charge in [-0.1, -0.05) is 12.1 Å². The summed E-state index contributed by atoms with van der Waals surface area (Å²) in [5.41, 5.74) is 0.759. The van der Waals surface area contributed by atoms with E-state index in [0.29, 0.717) is 28.4 Å². The van der Waals surface area contributed by atoms with Crippen LogP contribution in [0.5, 0.6) is 0 Å². The normalized spacial score (nSPS) is 11.6. The Kier molecular flexibility index (Phi) is 5.31. The van der Waals surface area contributed by atoms with Gasteiger partial charge in [0.25, 0.3) is 0 Å². The third-order valence-corrected chi connectivity index (χ3v) is 4.97. The number of aryl methyl sites for hydroxylation is 1. The van der Waals surface area contributed by atoms with Gasteiger partial charge < -0.3 is 4.74 Å². The summed E-state index contributed by atoms with van der Waals surface area (Å²) in [4.78, 5) is 16.9. The van der Waals surface area contributed by atoms with Crippen LogP contribution in [-0.2, 0) is 17.5 Å². The summed E-state index contributed by atoms with van der Waals surface area (Å²) in [5.74, 6) is -0.450. The van der Waals surface area contributed by atoms with Crippen molar-refractivity contribution >= 4 is 17.3 Å². The van der Waals surface area contributed by atoms with Crippen molar-refractivity contribution in [1.29, 1.82) is 0 Å². The molecule has 1 aromatic carbocycles. The summed E-state index contributed by atoms with van der Waals surface area (Å²) in [7, 11) is 0. The second kappa shape index (κ2) is 7.51. The predicted octanol–water partition coefficient (Wildman–Crippen LogP) is 4.56. The largest absolute Gasteiger partial charge is 0.462 e. The van der Waals surface area contributed by atoms with Crippen molar-refractivity contribution in [2.75, 3.05) is 6.61 Å². The first-order valence-corrected chi connectivity index (χ1v) is 8.93. The summed E-state index contributed by atoms with van der Waals surface area (Å²) in [6.45, 7) is 4.15. The number of esters is 1. The molecule has 0 saturated heterocycles. The molecule has 0 aliphatic carbocycles. The minimum Gasteiger partial charge on any atom is -0.462 e. The minimum atomic E-state index is -4.40. The SMILES string of the molecule is CCOC(=O)c1cnn(Cc2sc(-c3cccc(C(F)(F)F)c3)nc2C)c1. The van der Waals surface area contributed by atoms with E-state index in [1.165, 1.54) is 23.6 Å². The summed E-state index contributed by atoms with van der Waals surface area (Å²) < 4.78 is 45.2. The fourth-order valence-electron chi connectivity index (χ4n) is 2.44. The molecule has 0 amide bonds. The monoisotopic (exact) mass is 395 g/mol. The zero-order valence-corrected chi connectivity index (χ0v) is 15.4. The van der Waals surface area contributed by atoms with E-state index in [2.05, 4.69) is 10.1 Å². The first-order valence-electron chi connectivity index (χ1n) is 8.11. The lowest BCUT2D eigenvalue weighted by molar-refractivity contribution is -0.137. The maximum atomic E-state index is 12.9. The standard InChI is InChI=1S/C18H16F3N3O2S/c1-3-26-17(25)13-8-22-24(9-13)10-15-11(2)23-16(27-15)12-5-4-6-14(7-12)18(19,20)21/h4-9H,3,10H2,1-2H3. The Bertz CT molecular complexity index is 963. The van der Waals surface area contributed by atoms with Gasteiger partial charge in [0.2, 0.25) is 0 Å². The first-order chi connectivity index (χ1) is 12.8. The zero-order valence-electron chi connectivity index (χ0n) is 14.6. The fraction of sp³-hybridized carbons (Fsp3) is 0.278. The van der Waals surface area contributed by atoms with Crippen LogP contribution in [0, 0.1) is 6.92 Å². The Morgan fingerprint density at radius 2 is 2.11 bits per heavy atom. The molecule has 0 bridgehead atoms. The summed E-state index contributed by atoms with van der Waals surface area (Å²) >= 11 is 1.30. The second-order valence-corrected chi connectivity index (χ2v) is 6.84. The van der Waals surface area contributed by atoms with Gasteiger partial charge in [-0.05, 0) is 26.0 Å². The van der Waals surface area contributed by atoms with Crippen LogP contribution in [0.3, 0.4) is 0 Å². The number of carbonyl (C=O) groups is 1. The lowest BCUT2D eigenvalue weighted by Crippen LogP contribution is -2.04. The average Bonchev–Trinajstić information content (AvgIpc) is 3.22. The summed E-state index contributed by atoms with van der Waals surface area (Å²) in [6.07, 6.45) is -1.41. The van der Waals surface area contributed by atoms with E-state index in [9.17, 15) is 18.0 Å². The number of ether oxygens (including phenoxy) is 1. The highest BCUT2D eigenvalue weighted by molar-refractivity contribution is 7.15. The smallest absolute Gasteiger partial charge is 0.416 e. The average molecular weight is 395 g/mol. The molecule has 5 nitrogen and oxygen atoms in total. The van der Waals surface area contributed by atoms with Crippen LogP contribution in [0.1, 0.15) is 33.4 Å². The molecule has 142 valence electrons. The number of nitrogens with zero attached hydrogens (tertiary/aromatic N) is 3. The highest BCUT2D eigenvalue weighted by Crippen LogP contribution is 2.34. The van der Waals surface area contributed by atoms with Gasteiger partial charge in [-0.15, -0.1) is 11.3 Å². The molecule has 3 rings (SSSR count). The quantitative estimate of drug-likeness (QED) is 0.595. The van der Waals surface area contributed by atoms with Crippen molar-refractivity contribution in [3.63, 3.8) is 0 Å². The molecular formula is C18H16F3N3O2S. The van der Waals surface area contributed by atoms with E-state index in [4.69, 9.17) is 4.74 Å². The molecule has 0 unspecified atom stereocenters. The van der Waals surface area contributed by atoms with Crippen LogP contribution in [0.15, 0.2) is 36.7 Å². The molecule has 0 saturated carbocycles. The molecule has 9 heteroatoms. The van der Waals surface area contributed by atoms with E-state index >= 15 is 0 Å². The van der Waals surface area contributed by atoms with E-state index in [1.807, 2.05) is 0 Å². The zero-order chi connectivity index (χ0) is 19.6. The van der Waals surface area contributed by atoms with E-state index in [0.717, 1.165) is 17.0 Å². The molecule has 0 aliphatic rings. The van der Waals surface area contributed by atoms with Gasteiger partial charge in [-0.3, -0.25) is 4.68 Å². The number of hydrogen-bond donors (Lipinski definition) is 0. The molecule has 0 radical (unpaired) electrons. The van der Waals surface area contributed by atoms with Gasteiger partial charge in [0.15, 0.2) is 0 Å². The summed E-state index contributed by atoms with van der Waals surface area (Å²) in [6, 6.07) is 5.10. The topological polar surface area (TPSA) is 57.0 Å². The van der Waals surface area contributed by atoms with Crippen molar-refractivity contribution in [3.8, 4) is 10.6 Å². The van der Waals surface area contributed by atoms with Crippen molar-refractivity contribution in [1.82, 2.24) is 14.8 Å². The molecule has 2 heterocycles. The van der Waals surface area contributed by atoms with Crippen molar-refractivity contribution in [2.45, 2.75) is 26.6 Å². The molecule has 0 fully saturated rings. The van der Waals surface area contributed by atoms with E-state index in [1.54, 1.807) is 30.8 Å². The highest BCUT2D eigenvalue weighted by atomic mass is 32.1. The second-order valence-electron chi connectivity index (χ2n) is 5.75. The van der Waals surface area contributed by atoms with Crippen LogP contribution in [-0.4, -0.2) is 27.3 Å². The lowest BCUT2D eigenvalue weighted by atomic mass is 10.1. The molecule has 0 aliphatic heterocycles. The Balaban J connectivity index is 1.82. The third-order valence-electron chi connectivity index (χ3n) is 3.78. The molecule has 0 spiro atoms. The lowest BCUT2D eigenvalue weighted by Gasteiger charge is -2.07. The molecular weight excluding hydrogens is 379 g/mol. The highest BCUT2D eigenvalue weighted by Gasteiger charge is 2.30. The number of halogens is 3. The summed E-state index contributed by atoms with van der Waals surface area (Å²) in [5, 5.41) is 4.64. The van der Waals surface area contributed by atoms with Crippen LogP contribution < -0.4 is 0 Å². The van der Waals surface area contributed by atoms with Crippen molar-refractivity contribution in [2.24, 2.45) is 0 Å². The number of hydrogen-bond acceptors (Lipinski definition) is 5.